The quantitative estimate of drug-likeness (QED) is 0.835. The molecule has 2 aromatic rings. The van der Waals surface area contributed by atoms with Crippen LogP contribution in [0.15, 0.2) is 28.2 Å². The number of anilines is 1. The van der Waals surface area contributed by atoms with Crippen molar-refractivity contribution < 1.29 is 4.79 Å². The molecule has 1 amide bonds. The number of halogens is 1. The summed E-state index contributed by atoms with van der Waals surface area (Å²) in [4.78, 5) is 29.8. The number of benzene rings is 1. The number of hydrogen-bond acceptors (Lipinski definition) is 4. The first-order valence-electron chi connectivity index (χ1n) is 8.36. The van der Waals surface area contributed by atoms with Gasteiger partial charge in [-0.15, -0.1) is 0 Å². The standard InChI is InChI=1S/C18H18ClN3O2S/c1-10-5-6-11(7-14(10)19)20-16(23)8-12-9-25-18-21-15-4-2-3-13(15)17(24)22(12)18/h5-7,12H,2-4,8-9H2,1H3,(H,20,23). The Labute approximate surface area is 154 Å². The molecule has 5 nitrogen and oxygen atoms in total. The molecule has 1 aromatic heterocycles. The number of carbonyl (C=O) groups excluding carboxylic acids is 1. The minimum Gasteiger partial charge on any atom is -0.326 e. The van der Waals surface area contributed by atoms with Crippen molar-refractivity contribution in [1.29, 1.82) is 0 Å². The Morgan fingerprint density at radius 2 is 2.28 bits per heavy atom. The lowest BCUT2D eigenvalue weighted by Gasteiger charge is -2.14. The molecular weight excluding hydrogens is 358 g/mol. The van der Waals surface area contributed by atoms with E-state index >= 15 is 0 Å². The monoisotopic (exact) mass is 375 g/mol. The maximum absolute atomic E-state index is 12.7. The number of thioether (sulfide) groups is 1. The summed E-state index contributed by atoms with van der Waals surface area (Å²) in [6, 6.07) is 5.30. The van der Waals surface area contributed by atoms with Crippen LogP contribution in [0, 0.1) is 6.92 Å². The van der Waals surface area contributed by atoms with E-state index in [0.29, 0.717) is 16.5 Å². The number of hydrogen-bond donors (Lipinski definition) is 1. The van der Waals surface area contributed by atoms with Crippen molar-refractivity contribution in [3.8, 4) is 0 Å². The molecule has 0 radical (unpaired) electrons. The molecule has 0 fully saturated rings. The van der Waals surface area contributed by atoms with Crippen molar-refractivity contribution in [2.45, 2.75) is 43.8 Å². The maximum Gasteiger partial charge on any atom is 0.257 e. The molecule has 0 bridgehead atoms. The second-order valence-corrected chi connectivity index (χ2v) is 7.92. The third-order valence-corrected chi connectivity index (χ3v) is 6.25. The molecule has 0 saturated carbocycles. The second kappa shape index (κ2) is 6.50. The predicted octanol–water partition coefficient (Wildman–Crippen LogP) is 3.37. The molecule has 130 valence electrons. The van der Waals surface area contributed by atoms with Gasteiger partial charge in [-0.25, -0.2) is 4.98 Å². The van der Waals surface area contributed by atoms with E-state index in [1.807, 2.05) is 19.1 Å². The van der Waals surface area contributed by atoms with Crippen LogP contribution in [0.1, 0.15) is 35.7 Å². The van der Waals surface area contributed by atoms with Crippen molar-refractivity contribution in [3.63, 3.8) is 0 Å². The molecule has 1 aliphatic carbocycles. The van der Waals surface area contributed by atoms with Crippen LogP contribution in [-0.4, -0.2) is 21.2 Å². The smallest absolute Gasteiger partial charge is 0.257 e. The van der Waals surface area contributed by atoms with Crippen LogP contribution >= 0.6 is 23.4 Å². The van der Waals surface area contributed by atoms with Crippen LogP contribution in [0.2, 0.25) is 5.02 Å². The number of aryl methyl sites for hydroxylation is 2. The van der Waals surface area contributed by atoms with Crippen LogP contribution in [-0.2, 0) is 17.6 Å². The zero-order valence-electron chi connectivity index (χ0n) is 13.8. The summed E-state index contributed by atoms with van der Waals surface area (Å²) in [7, 11) is 0. The molecule has 1 atom stereocenters. The lowest BCUT2D eigenvalue weighted by Crippen LogP contribution is -2.30. The van der Waals surface area contributed by atoms with Crippen LogP contribution in [0.4, 0.5) is 5.69 Å². The van der Waals surface area contributed by atoms with E-state index in [-0.39, 0.29) is 23.9 Å². The van der Waals surface area contributed by atoms with E-state index in [2.05, 4.69) is 10.3 Å². The maximum atomic E-state index is 12.7. The number of amides is 1. The molecule has 1 N–H and O–H groups in total. The average Bonchev–Trinajstić information content (AvgIpc) is 3.19. The van der Waals surface area contributed by atoms with Gasteiger partial charge >= 0.3 is 0 Å². The summed E-state index contributed by atoms with van der Waals surface area (Å²) in [5.41, 5.74) is 3.46. The molecule has 25 heavy (non-hydrogen) atoms. The van der Waals surface area contributed by atoms with Gasteiger partial charge in [0.25, 0.3) is 5.56 Å². The number of rotatable bonds is 3. The highest BCUT2D eigenvalue weighted by molar-refractivity contribution is 7.99. The Hall–Kier alpha value is -1.79. The van der Waals surface area contributed by atoms with Crippen LogP contribution in [0.5, 0.6) is 0 Å². The minimum atomic E-state index is -0.146. The van der Waals surface area contributed by atoms with Crippen LogP contribution in [0.3, 0.4) is 0 Å². The predicted molar refractivity (Wildman–Crippen MR) is 99.7 cm³/mol. The first-order chi connectivity index (χ1) is 12.0. The lowest BCUT2D eigenvalue weighted by atomic mass is 10.2. The summed E-state index contributed by atoms with van der Waals surface area (Å²) < 4.78 is 1.72. The fourth-order valence-electron chi connectivity index (χ4n) is 3.40. The Morgan fingerprint density at radius 3 is 3.08 bits per heavy atom. The van der Waals surface area contributed by atoms with Crippen molar-refractivity contribution >= 4 is 35.0 Å². The van der Waals surface area contributed by atoms with Gasteiger partial charge in [0.1, 0.15) is 0 Å². The number of fused-ring (bicyclic) bond motifs is 2. The largest absolute Gasteiger partial charge is 0.326 e. The summed E-state index contributed by atoms with van der Waals surface area (Å²) in [6.07, 6.45) is 2.93. The van der Waals surface area contributed by atoms with E-state index in [1.54, 1.807) is 22.4 Å². The molecule has 0 saturated heterocycles. The molecule has 1 aromatic carbocycles. The van der Waals surface area contributed by atoms with Gasteiger partial charge in [-0.1, -0.05) is 29.4 Å². The highest BCUT2D eigenvalue weighted by Gasteiger charge is 2.31. The molecule has 2 aliphatic rings. The van der Waals surface area contributed by atoms with Gasteiger partial charge in [-0.2, -0.15) is 0 Å². The molecule has 4 rings (SSSR count). The lowest BCUT2D eigenvalue weighted by molar-refractivity contribution is -0.116. The van der Waals surface area contributed by atoms with Crippen molar-refractivity contribution in [2.24, 2.45) is 0 Å². The second-order valence-electron chi connectivity index (χ2n) is 6.53. The zero-order valence-corrected chi connectivity index (χ0v) is 15.4. The molecule has 0 spiro atoms. The third kappa shape index (κ3) is 3.09. The fraction of sp³-hybridized carbons (Fsp3) is 0.389. The SMILES string of the molecule is Cc1ccc(NC(=O)CC2CSc3nc4c(c(=O)n32)CCC4)cc1Cl. The minimum absolute atomic E-state index is 0.0404. The first kappa shape index (κ1) is 16.7. The normalized spacial score (nSPS) is 18.1. The van der Waals surface area contributed by atoms with Gasteiger partial charge in [0.15, 0.2) is 5.16 Å². The Bertz CT molecular complexity index is 925. The Morgan fingerprint density at radius 1 is 1.44 bits per heavy atom. The number of carbonyl (C=O) groups is 1. The number of aromatic nitrogens is 2. The van der Waals surface area contributed by atoms with Crippen LogP contribution < -0.4 is 10.9 Å². The third-order valence-electron chi connectivity index (χ3n) is 4.75. The highest BCUT2D eigenvalue weighted by Crippen LogP contribution is 2.34. The Kier molecular flexibility index (Phi) is 4.33. The molecule has 2 heterocycles. The van der Waals surface area contributed by atoms with E-state index in [0.717, 1.165) is 41.2 Å². The van der Waals surface area contributed by atoms with Gasteiger partial charge in [-0.3, -0.25) is 14.2 Å². The molecule has 1 unspecified atom stereocenters. The molecule has 7 heteroatoms. The van der Waals surface area contributed by atoms with Gasteiger partial charge in [0.2, 0.25) is 5.91 Å². The zero-order chi connectivity index (χ0) is 17.6. The number of nitrogens with one attached hydrogen (secondary N) is 1. The van der Waals surface area contributed by atoms with Gasteiger partial charge in [0, 0.05) is 28.4 Å². The van der Waals surface area contributed by atoms with Gasteiger partial charge < -0.3 is 5.32 Å². The summed E-state index contributed by atoms with van der Waals surface area (Å²) in [5.74, 6) is 0.582. The van der Waals surface area contributed by atoms with E-state index in [1.165, 1.54) is 0 Å². The van der Waals surface area contributed by atoms with Gasteiger partial charge in [0.05, 0.1) is 11.7 Å². The van der Waals surface area contributed by atoms with Gasteiger partial charge in [-0.05, 0) is 43.9 Å². The molecular formula is C18H18ClN3O2S. The average molecular weight is 376 g/mol. The van der Waals surface area contributed by atoms with Crippen molar-refractivity contribution in [2.75, 3.05) is 11.1 Å². The topological polar surface area (TPSA) is 64.0 Å². The van der Waals surface area contributed by atoms with Crippen LogP contribution in [0.25, 0.3) is 0 Å². The van der Waals surface area contributed by atoms with Crippen molar-refractivity contribution in [3.05, 3.63) is 50.4 Å². The van der Waals surface area contributed by atoms with Crippen molar-refractivity contribution in [1.82, 2.24) is 9.55 Å². The fourth-order valence-corrected chi connectivity index (χ4v) is 4.73. The Balaban J connectivity index is 1.52. The molecule has 1 aliphatic heterocycles. The highest BCUT2D eigenvalue weighted by atomic mass is 35.5. The summed E-state index contributed by atoms with van der Waals surface area (Å²) >= 11 is 7.66. The van der Waals surface area contributed by atoms with E-state index in [4.69, 9.17) is 11.6 Å². The van der Waals surface area contributed by atoms with E-state index < -0.39 is 0 Å². The van der Waals surface area contributed by atoms with E-state index in [9.17, 15) is 9.59 Å². The summed E-state index contributed by atoms with van der Waals surface area (Å²) in [6.45, 7) is 1.92. The number of nitrogens with zero attached hydrogens (tertiary/aromatic N) is 2. The summed E-state index contributed by atoms with van der Waals surface area (Å²) in [5, 5.41) is 4.24. The first-order valence-corrected chi connectivity index (χ1v) is 9.72.